The second-order valence-electron chi connectivity index (χ2n) is 2.69. The van der Waals surface area contributed by atoms with Crippen LogP contribution in [0.2, 0.25) is 0 Å². The molecule has 0 saturated carbocycles. The molecule has 1 aliphatic rings. The molecule has 1 atom stereocenters. The molecule has 0 aromatic rings. The van der Waals surface area contributed by atoms with Gasteiger partial charge >= 0.3 is 0 Å². The number of hydrogen-bond donors (Lipinski definition) is 2. The zero-order valence-electron chi connectivity index (χ0n) is 6.37. The Morgan fingerprint density at radius 3 is 2.31 bits per heavy atom. The maximum absolute atomic E-state index is 10.9. The van der Waals surface area contributed by atoms with Crippen LogP contribution in [0.15, 0.2) is 0 Å². The summed E-state index contributed by atoms with van der Waals surface area (Å²) in [5.74, 6) is -3.87. The molecule has 1 saturated heterocycles. The highest BCUT2D eigenvalue weighted by Gasteiger charge is 2.40. The molecule has 1 heterocycles. The van der Waals surface area contributed by atoms with Crippen LogP contribution in [0.25, 0.3) is 0 Å². The summed E-state index contributed by atoms with van der Waals surface area (Å²) >= 11 is 0. The molecule has 1 rings (SSSR count). The average Bonchev–Trinajstić information content (AvgIpc) is 2.15. The summed E-state index contributed by atoms with van der Waals surface area (Å²) in [6.07, 6.45) is -0.394. The average molecular weight is 209 g/mol. The van der Waals surface area contributed by atoms with Gasteiger partial charge in [-0.3, -0.25) is 19.3 Å². The minimum atomic E-state index is -4.30. The van der Waals surface area contributed by atoms with Crippen molar-refractivity contribution in [2.45, 2.75) is 6.42 Å². The van der Waals surface area contributed by atoms with Gasteiger partial charge in [0.05, 0.1) is 11.7 Å². The van der Waals surface area contributed by atoms with E-state index in [9.17, 15) is 18.0 Å². The van der Waals surface area contributed by atoms with E-state index in [1.807, 2.05) is 0 Å². The van der Waals surface area contributed by atoms with E-state index in [2.05, 4.69) is 0 Å². The first-order chi connectivity index (χ1) is 5.81. The van der Waals surface area contributed by atoms with E-state index in [1.54, 1.807) is 0 Å². The Labute approximate surface area is 73.7 Å². The number of hydrogen-bond acceptors (Lipinski definition) is 5. The van der Waals surface area contributed by atoms with Crippen molar-refractivity contribution in [1.29, 1.82) is 0 Å². The highest BCUT2D eigenvalue weighted by molar-refractivity contribution is 7.85. The van der Waals surface area contributed by atoms with Crippen molar-refractivity contribution >= 4 is 21.9 Å². The minimum Gasteiger partial charge on any atom is -0.286 e. The molecule has 1 aliphatic heterocycles. The highest BCUT2D eigenvalue weighted by atomic mass is 32.2. The lowest BCUT2D eigenvalue weighted by atomic mass is 10.1. The van der Waals surface area contributed by atoms with Crippen LogP contribution in [-0.4, -0.2) is 40.8 Å². The maximum Gasteiger partial charge on any atom is 0.265 e. The fourth-order valence-corrected chi connectivity index (χ4v) is 1.83. The number of carbonyl (C=O) groups is 2. The summed E-state index contributed by atoms with van der Waals surface area (Å²) in [5, 5.41) is 8.56. The Kier molecular flexibility index (Phi) is 2.37. The van der Waals surface area contributed by atoms with Crippen LogP contribution in [-0.2, 0) is 19.7 Å². The molecule has 8 heteroatoms. The molecule has 1 unspecified atom stereocenters. The van der Waals surface area contributed by atoms with Crippen molar-refractivity contribution in [1.82, 2.24) is 5.06 Å². The topological polar surface area (TPSA) is 112 Å². The van der Waals surface area contributed by atoms with Gasteiger partial charge < -0.3 is 0 Å². The van der Waals surface area contributed by atoms with Gasteiger partial charge in [0.2, 0.25) is 0 Å². The van der Waals surface area contributed by atoms with Crippen LogP contribution >= 0.6 is 0 Å². The van der Waals surface area contributed by atoms with Gasteiger partial charge in [-0.25, -0.2) is 0 Å². The van der Waals surface area contributed by atoms with E-state index in [4.69, 9.17) is 9.76 Å². The molecule has 0 spiro atoms. The number of hydroxylamine groups is 2. The van der Waals surface area contributed by atoms with E-state index in [1.165, 1.54) is 0 Å². The molecule has 1 fully saturated rings. The summed E-state index contributed by atoms with van der Waals surface area (Å²) in [6.45, 7) is 0. The van der Waals surface area contributed by atoms with Crippen molar-refractivity contribution in [3.05, 3.63) is 0 Å². The first-order valence-corrected chi connectivity index (χ1v) is 4.93. The van der Waals surface area contributed by atoms with Gasteiger partial charge in [-0.15, -0.1) is 0 Å². The summed E-state index contributed by atoms with van der Waals surface area (Å²) < 4.78 is 29.1. The van der Waals surface area contributed by atoms with E-state index >= 15 is 0 Å². The number of carbonyl (C=O) groups excluding carboxylic acids is 2. The first kappa shape index (κ1) is 10.1. The summed E-state index contributed by atoms with van der Waals surface area (Å²) in [7, 11) is -4.30. The maximum atomic E-state index is 10.9. The minimum absolute atomic E-state index is 0.129. The Balaban J connectivity index is 2.76. The van der Waals surface area contributed by atoms with Crippen LogP contribution in [0.1, 0.15) is 6.42 Å². The van der Waals surface area contributed by atoms with Crippen molar-refractivity contribution in [3.63, 3.8) is 0 Å². The Morgan fingerprint density at radius 2 is 2.00 bits per heavy atom. The standard InChI is InChI=1S/C5H7NO6S/c7-4-1-3(2-13(10,11)12)5(8)6(4)9/h3,9H,1-2H2,(H,10,11,12). The molecule has 0 bridgehead atoms. The Morgan fingerprint density at radius 1 is 1.46 bits per heavy atom. The van der Waals surface area contributed by atoms with Gasteiger partial charge in [0.25, 0.3) is 21.9 Å². The molecule has 0 aromatic heterocycles. The molecule has 74 valence electrons. The Hall–Kier alpha value is -0.990. The predicted octanol–water partition coefficient (Wildman–Crippen LogP) is -1.36. The fraction of sp³-hybridized carbons (Fsp3) is 0.600. The normalized spacial score (nSPS) is 24.2. The van der Waals surface area contributed by atoms with Crippen LogP contribution < -0.4 is 0 Å². The molecular weight excluding hydrogens is 202 g/mol. The van der Waals surface area contributed by atoms with Crippen molar-refractivity contribution in [2.75, 3.05) is 5.75 Å². The monoisotopic (exact) mass is 209 g/mol. The van der Waals surface area contributed by atoms with Crippen molar-refractivity contribution in [2.24, 2.45) is 5.92 Å². The van der Waals surface area contributed by atoms with E-state index in [0.29, 0.717) is 0 Å². The SMILES string of the molecule is O=C1CC(CS(=O)(=O)O)C(=O)N1O. The van der Waals surface area contributed by atoms with E-state index < -0.39 is 40.0 Å². The summed E-state index contributed by atoms with van der Waals surface area (Å²) in [4.78, 5) is 21.5. The predicted molar refractivity (Wildman–Crippen MR) is 38.2 cm³/mol. The van der Waals surface area contributed by atoms with Crippen LogP contribution in [0.3, 0.4) is 0 Å². The van der Waals surface area contributed by atoms with E-state index in [0.717, 1.165) is 0 Å². The lowest BCUT2D eigenvalue weighted by molar-refractivity contribution is -0.172. The number of imide groups is 1. The molecule has 0 radical (unpaired) electrons. The molecule has 2 amide bonds. The van der Waals surface area contributed by atoms with E-state index in [-0.39, 0.29) is 5.06 Å². The van der Waals surface area contributed by atoms with Crippen molar-refractivity contribution < 1.29 is 27.8 Å². The largest absolute Gasteiger partial charge is 0.286 e. The second kappa shape index (κ2) is 3.05. The number of amides is 2. The highest BCUT2D eigenvalue weighted by Crippen LogP contribution is 2.18. The Bertz CT molecular complexity index is 346. The number of rotatable bonds is 2. The lowest BCUT2D eigenvalue weighted by Crippen LogP contribution is -2.28. The molecule has 2 N–H and O–H groups in total. The van der Waals surface area contributed by atoms with Gasteiger partial charge in [0.1, 0.15) is 0 Å². The number of nitrogens with zero attached hydrogens (tertiary/aromatic N) is 1. The first-order valence-electron chi connectivity index (χ1n) is 3.32. The summed E-state index contributed by atoms with van der Waals surface area (Å²) in [6, 6.07) is 0. The second-order valence-corrected chi connectivity index (χ2v) is 4.19. The third-order valence-electron chi connectivity index (χ3n) is 1.63. The van der Waals surface area contributed by atoms with Gasteiger partial charge in [-0.05, 0) is 0 Å². The third-order valence-corrected chi connectivity index (χ3v) is 2.45. The van der Waals surface area contributed by atoms with Crippen molar-refractivity contribution in [3.8, 4) is 0 Å². The lowest BCUT2D eigenvalue weighted by Gasteiger charge is -2.04. The third kappa shape index (κ3) is 2.23. The molecule has 7 nitrogen and oxygen atoms in total. The zero-order chi connectivity index (χ0) is 10.2. The quantitative estimate of drug-likeness (QED) is 0.330. The summed E-state index contributed by atoms with van der Waals surface area (Å²) in [5.41, 5.74) is 0. The van der Waals surface area contributed by atoms with Crippen LogP contribution in [0.5, 0.6) is 0 Å². The van der Waals surface area contributed by atoms with Gasteiger partial charge in [-0.1, -0.05) is 0 Å². The molecule has 13 heavy (non-hydrogen) atoms. The van der Waals surface area contributed by atoms with Gasteiger partial charge in [-0.2, -0.15) is 13.5 Å². The molecule has 0 aliphatic carbocycles. The zero-order valence-corrected chi connectivity index (χ0v) is 7.19. The molecule has 0 aromatic carbocycles. The van der Waals surface area contributed by atoms with Crippen LogP contribution in [0, 0.1) is 5.92 Å². The fourth-order valence-electron chi connectivity index (χ4n) is 1.06. The smallest absolute Gasteiger partial charge is 0.265 e. The molecular formula is C5H7NO6S. The van der Waals surface area contributed by atoms with Gasteiger partial charge in [0.15, 0.2) is 0 Å². The van der Waals surface area contributed by atoms with Crippen LogP contribution in [0.4, 0.5) is 0 Å². The van der Waals surface area contributed by atoms with Gasteiger partial charge in [0, 0.05) is 6.42 Å².